The monoisotopic (exact) mass is 425 g/mol. The predicted octanol–water partition coefficient (Wildman–Crippen LogP) is 5.75. The van der Waals surface area contributed by atoms with E-state index in [1.807, 2.05) is 0 Å². The lowest BCUT2D eigenvalue weighted by Crippen LogP contribution is -2.21. The Morgan fingerprint density at radius 2 is 1.50 bits per heavy atom. The number of anilines is 1. The van der Waals surface area contributed by atoms with Crippen molar-refractivity contribution >= 4 is 75.6 Å². The summed E-state index contributed by atoms with van der Waals surface area (Å²) in [6, 6.07) is 7.65. The van der Waals surface area contributed by atoms with E-state index >= 15 is 0 Å². The molecular weight excluding hydrogens is 419 g/mol. The zero-order valence-electron chi connectivity index (χ0n) is 11.7. The summed E-state index contributed by atoms with van der Waals surface area (Å²) in [7, 11) is 0. The number of rotatable bonds is 4. The molecule has 2 aromatic carbocycles. The topological polar surface area (TPSA) is 55.4 Å². The van der Waals surface area contributed by atoms with E-state index in [4.69, 9.17) is 62.7 Å². The van der Waals surface area contributed by atoms with Gasteiger partial charge < -0.3 is 10.1 Å². The zero-order valence-corrected chi connectivity index (χ0v) is 15.5. The number of amides is 1. The largest absolute Gasteiger partial charge is 0.452 e. The van der Waals surface area contributed by atoms with E-state index in [0.717, 1.165) is 0 Å². The highest BCUT2D eigenvalue weighted by atomic mass is 35.5. The summed E-state index contributed by atoms with van der Waals surface area (Å²) in [5, 5.41) is 2.91. The summed E-state index contributed by atoms with van der Waals surface area (Å²) in [6.07, 6.45) is 0. The number of carbonyl (C=O) groups excluding carboxylic acids is 2. The molecule has 2 aromatic rings. The Morgan fingerprint density at radius 1 is 0.917 bits per heavy atom. The third-order valence-electron chi connectivity index (χ3n) is 2.80. The molecule has 0 atom stereocenters. The summed E-state index contributed by atoms with van der Waals surface area (Å²) >= 11 is 29.6. The van der Waals surface area contributed by atoms with Gasteiger partial charge in [0.1, 0.15) is 0 Å². The first-order valence-corrected chi connectivity index (χ1v) is 8.24. The molecule has 0 unspecified atom stereocenters. The maximum Gasteiger partial charge on any atom is 0.340 e. The number of ether oxygens (including phenoxy) is 1. The van der Waals surface area contributed by atoms with Crippen molar-refractivity contribution in [1.29, 1.82) is 0 Å². The average molecular weight is 427 g/mol. The number of benzene rings is 2. The van der Waals surface area contributed by atoms with Crippen molar-refractivity contribution in [2.75, 3.05) is 11.9 Å². The highest BCUT2D eigenvalue weighted by molar-refractivity contribution is 6.50. The molecule has 0 spiro atoms. The van der Waals surface area contributed by atoms with Crippen LogP contribution in [0.4, 0.5) is 5.69 Å². The van der Waals surface area contributed by atoms with E-state index < -0.39 is 18.5 Å². The van der Waals surface area contributed by atoms with Crippen LogP contribution in [0, 0.1) is 0 Å². The fourth-order valence-electron chi connectivity index (χ4n) is 1.69. The van der Waals surface area contributed by atoms with Crippen molar-refractivity contribution in [3.05, 3.63) is 61.0 Å². The van der Waals surface area contributed by atoms with Gasteiger partial charge in [-0.1, -0.05) is 70.1 Å². The second kappa shape index (κ2) is 8.28. The highest BCUT2D eigenvalue weighted by Crippen LogP contribution is 2.40. The third-order valence-corrected chi connectivity index (χ3v) is 4.71. The lowest BCUT2D eigenvalue weighted by atomic mass is 10.2. The Bertz CT molecular complexity index is 784. The number of esters is 1. The van der Waals surface area contributed by atoms with E-state index in [9.17, 15) is 9.59 Å². The zero-order chi connectivity index (χ0) is 17.9. The van der Waals surface area contributed by atoms with E-state index in [1.54, 1.807) is 12.1 Å². The van der Waals surface area contributed by atoms with Crippen LogP contribution in [0.5, 0.6) is 0 Å². The molecule has 0 bridgehead atoms. The molecule has 1 amide bonds. The van der Waals surface area contributed by atoms with Gasteiger partial charge in [-0.3, -0.25) is 4.79 Å². The van der Waals surface area contributed by atoms with E-state index in [-0.39, 0.29) is 36.4 Å². The molecule has 0 aliphatic heterocycles. The summed E-state index contributed by atoms with van der Waals surface area (Å²) in [5.41, 5.74) is 0.184. The van der Waals surface area contributed by atoms with Crippen LogP contribution in [0.15, 0.2) is 30.3 Å². The molecule has 2 rings (SSSR count). The first-order valence-electron chi connectivity index (χ1n) is 6.35. The molecule has 0 heterocycles. The SMILES string of the molecule is O=C(COC(=O)c1ccccc1Cl)Nc1c(Cl)c(Cl)cc(Cl)c1Cl. The Balaban J connectivity index is 2.05. The van der Waals surface area contributed by atoms with E-state index in [1.165, 1.54) is 18.2 Å². The van der Waals surface area contributed by atoms with Crippen molar-refractivity contribution in [1.82, 2.24) is 0 Å². The summed E-state index contributed by atoms with van der Waals surface area (Å²) in [4.78, 5) is 23.8. The molecule has 1 N–H and O–H groups in total. The molecule has 0 radical (unpaired) electrons. The van der Waals surface area contributed by atoms with Crippen molar-refractivity contribution in [3.63, 3.8) is 0 Å². The van der Waals surface area contributed by atoms with Gasteiger partial charge in [-0.2, -0.15) is 0 Å². The van der Waals surface area contributed by atoms with Gasteiger partial charge in [0, 0.05) is 0 Å². The smallest absolute Gasteiger partial charge is 0.340 e. The van der Waals surface area contributed by atoms with Crippen LogP contribution in [0.3, 0.4) is 0 Å². The Kier molecular flexibility index (Phi) is 6.61. The molecular formula is C15H8Cl5NO3. The summed E-state index contributed by atoms with van der Waals surface area (Å²) < 4.78 is 4.90. The minimum atomic E-state index is -0.739. The summed E-state index contributed by atoms with van der Waals surface area (Å²) in [5.74, 6) is -1.41. The standard InChI is InChI=1S/C15H8Cl5NO3/c16-8-4-2-1-3-7(8)15(23)24-6-11(22)21-14-12(19)9(17)5-10(18)13(14)20/h1-5H,6H2,(H,21,22). The Labute approximate surface area is 162 Å². The number of nitrogens with one attached hydrogen (secondary N) is 1. The van der Waals surface area contributed by atoms with Crippen molar-refractivity contribution < 1.29 is 14.3 Å². The van der Waals surface area contributed by atoms with Crippen LogP contribution in [0.25, 0.3) is 0 Å². The van der Waals surface area contributed by atoms with Gasteiger partial charge in [-0.25, -0.2) is 4.79 Å². The Morgan fingerprint density at radius 3 is 2.08 bits per heavy atom. The first kappa shape index (κ1) is 19.2. The molecule has 9 heteroatoms. The first-order chi connectivity index (χ1) is 11.3. The maximum absolute atomic E-state index is 11.9. The number of halogens is 5. The summed E-state index contributed by atoms with van der Waals surface area (Å²) in [6.45, 7) is -0.569. The molecule has 0 aliphatic carbocycles. The van der Waals surface area contributed by atoms with Gasteiger partial charge in [-0.05, 0) is 18.2 Å². The van der Waals surface area contributed by atoms with Crippen LogP contribution in [0.2, 0.25) is 25.1 Å². The quantitative estimate of drug-likeness (QED) is 0.499. The second-order valence-corrected chi connectivity index (χ2v) is 6.42. The van der Waals surface area contributed by atoms with Crippen molar-refractivity contribution in [2.24, 2.45) is 0 Å². The number of carbonyl (C=O) groups is 2. The van der Waals surface area contributed by atoms with Crippen LogP contribution in [-0.2, 0) is 9.53 Å². The lowest BCUT2D eigenvalue weighted by molar-refractivity contribution is -0.119. The normalized spacial score (nSPS) is 10.4. The third kappa shape index (κ3) is 4.47. The molecule has 126 valence electrons. The van der Waals surface area contributed by atoms with Crippen LogP contribution in [-0.4, -0.2) is 18.5 Å². The van der Waals surface area contributed by atoms with Gasteiger partial charge >= 0.3 is 5.97 Å². The van der Waals surface area contributed by atoms with Crippen LogP contribution >= 0.6 is 58.0 Å². The van der Waals surface area contributed by atoms with E-state index in [0.29, 0.717) is 0 Å². The van der Waals surface area contributed by atoms with Gasteiger partial charge in [0.25, 0.3) is 5.91 Å². The molecule has 0 fully saturated rings. The molecule has 0 aliphatic rings. The highest BCUT2D eigenvalue weighted by Gasteiger charge is 2.18. The fraction of sp³-hybridized carbons (Fsp3) is 0.0667. The average Bonchev–Trinajstić information content (AvgIpc) is 2.55. The van der Waals surface area contributed by atoms with Gasteiger partial charge in [-0.15, -0.1) is 0 Å². The van der Waals surface area contributed by atoms with E-state index in [2.05, 4.69) is 5.32 Å². The predicted molar refractivity (Wildman–Crippen MR) is 96.8 cm³/mol. The van der Waals surface area contributed by atoms with Gasteiger partial charge in [0.2, 0.25) is 0 Å². The molecule has 0 aromatic heterocycles. The lowest BCUT2D eigenvalue weighted by Gasteiger charge is -2.12. The maximum atomic E-state index is 11.9. The molecule has 4 nitrogen and oxygen atoms in total. The minimum Gasteiger partial charge on any atom is -0.452 e. The number of hydrogen-bond acceptors (Lipinski definition) is 3. The van der Waals surface area contributed by atoms with Crippen LogP contribution in [0.1, 0.15) is 10.4 Å². The van der Waals surface area contributed by atoms with Gasteiger partial charge in [0.15, 0.2) is 6.61 Å². The fourth-order valence-corrected chi connectivity index (χ4v) is 2.81. The Hall–Kier alpha value is -1.17. The molecule has 24 heavy (non-hydrogen) atoms. The van der Waals surface area contributed by atoms with Crippen molar-refractivity contribution in [2.45, 2.75) is 0 Å². The molecule has 0 saturated heterocycles. The van der Waals surface area contributed by atoms with Crippen molar-refractivity contribution in [3.8, 4) is 0 Å². The van der Waals surface area contributed by atoms with Crippen LogP contribution < -0.4 is 5.32 Å². The minimum absolute atomic E-state index is 0.0249. The van der Waals surface area contributed by atoms with Gasteiger partial charge in [0.05, 0.1) is 36.4 Å². The molecule has 0 saturated carbocycles. The second-order valence-electron chi connectivity index (χ2n) is 4.45. The number of hydrogen-bond donors (Lipinski definition) is 1.